The molecule has 0 heterocycles. The Hall–Kier alpha value is -5.19. The predicted molar refractivity (Wildman–Crippen MR) is 150 cm³/mol. The van der Waals surface area contributed by atoms with E-state index in [1.807, 2.05) is 13.8 Å². The van der Waals surface area contributed by atoms with E-state index in [4.69, 9.17) is 5.73 Å². The van der Waals surface area contributed by atoms with E-state index < -0.39 is 35.7 Å². The lowest BCUT2D eigenvalue weighted by molar-refractivity contribution is -0.139. The van der Waals surface area contributed by atoms with E-state index in [0.717, 1.165) is 6.07 Å². The molecule has 0 bridgehead atoms. The minimum Gasteiger partial charge on any atom is -0.480 e. The highest BCUT2D eigenvalue weighted by atomic mass is 16.4. The Labute approximate surface area is 230 Å². The van der Waals surface area contributed by atoms with E-state index >= 15 is 0 Å². The third-order valence-electron chi connectivity index (χ3n) is 6.07. The van der Waals surface area contributed by atoms with Gasteiger partial charge in [-0.15, -0.1) is 0 Å². The maximum absolute atomic E-state index is 13.4. The average molecular weight is 547 g/mol. The number of anilines is 2. The molecule has 40 heavy (non-hydrogen) atoms. The van der Waals surface area contributed by atoms with E-state index in [2.05, 4.69) is 16.0 Å². The van der Waals surface area contributed by atoms with Gasteiger partial charge in [-0.25, -0.2) is 9.59 Å². The SMILES string of the molecule is CNc1ccc(-c2ccc(C(=O)N[C@@H](CC(C)C)C(=O)O)cc2C(=O)O)c(C(=O)Nc2cccc(C(N)=O)c2)c1. The average Bonchev–Trinajstić information content (AvgIpc) is 2.91. The number of nitrogens with two attached hydrogens (primary N) is 1. The number of carbonyl (C=O) groups is 5. The van der Waals surface area contributed by atoms with Gasteiger partial charge < -0.3 is 31.9 Å². The molecule has 3 amide bonds. The first-order chi connectivity index (χ1) is 18.9. The quantitative estimate of drug-likeness (QED) is 0.210. The molecule has 0 aromatic heterocycles. The first-order valence-corrected chi connectivity index (χ1v) is 12.4. The van der Waals surface area contributed by atoms with Crippen molar-refractivity contribution in [2.24, 2.45) is 11.7 Å². The van der Waals surface area contributed by atoms with Gasteiger partial charge in [-0.2, -0.15) is 0 Å². The standard InChI is InChI=1S/C29H30N4O7/c1-15(2)11-24(29(39)40)33-26(35)17-7-9-21(23(13-17)28(37)38)20-10-8-18(31-3)14-22(20)27(36)32-19-6-4-5-16(12-19)25(30)34/h4-10,12-15,24,31H,11H2,1-3H3,(H2,30,34)(H,32,36)(H,33,35)(H,37,38)(H,39,40)/t24-/m0/s1. The molecule has 0 saturated heterocycles. The second-order valence-corrected chi connectivity index (χ2v) is 9.47. The van der Waals surface area contributed by atoms with E-state index in [9.17, 15) is 34.2 Å². The first-order valence-electron chi connectivity index (χ1n) is 12.4. The number of primary amides is 1. The molecule has 3 rings (SSSR count). The molecule has 0 radical (unpaired) electrons. The summed E-state index contributed by atoms with van der Waals surface area (Å²) in [5.74, 6) is -4.52. The van der Waals surface area contributed by atoms with Gasteiger partial charge in [-0.3, -0.25) is 14.4 Å². The first kappa shape index (κ1) is 29.4. The third kappa shape index (κ3) is 7.01. The Bertz CT molecular complexity index is 1480. The van der Waals surface area contributed by atoms with Gasteiger partial charge in [0.2, 0.25) is 5.91 Å². The fourth-order valence-corrected chi connectivity index (χ4v) is 4.10. The summed E-state index contributed by atoms with van der Waals surface area (Å²) < 4.78 is 0. The molecule has 0 spiro atoms. The van der Waals surface area contributed by atoms with Crippen molar-refractivity contribution in [3.8, 4) is 11.1 Å². The summed E-state index contributed by atoms with van der Waals surface area (Å²) in [6.07, 6.45) is 0.198. The number of aliphatic carboxylic acids is 1. The number of carboxylic acids is 2. The molecule has 0 saturated carbocycles. The van der Waals surface area contributed by atoms with Crippen molar-refractivity contribution in [1.29, 1.82) is 0 Å². The van der Waals surface area contributed by atoms with Crippen LogP contribution in [0.1, 0.15) is 61.7 Å². The van der Waals surface area contributed by atoms with Crippen LogP contribution in [0.4, 0.5) is 11.4 Å². The number of nitrogens with one attached hydrogen (secondary N) is 3. The Morgan fingerprint density at radius 2 is 1.48 bits per heavy atom. The monoisotopic (exact) mass is 546 g/mol. The molecular weight excluding hydrogens is 516 g/mol. The van der Waals surface area contributed by atoms with E-state index in [-0.39, 0.29) is 45.7 Å². The molecule has 0 aliphatic heterocycles. The van der Waals surface area contributed by atoms with Crippen molar-refractivity contribution in [1.82, 2.24) is 5.32 Å². The van der Waals surface area contributed by atoms with Crippen molar-refractivity contribution in [3.05, 3.63) is 82.9 Å². The summed E-state index contributed by atoms with van der Waals surface area (Å²) >= 11 is 0. The lowest BCUT2D eigenvalue weighted by Crippen LogP contribution is -2.41. The van der Waals surface area contributed by atoms with Gasteiger partial charge in [0, 0.05) is 35.1 Å². The zero-order valence-corrected chi connectivity index (χ0v) is 22.1. The zero-order chi connectivity index (χ0) is 29.6. The highest BCUT2D eigenvalue weighted by Gasteiger charge is 2.24. The normalized spacial score (nSPS) is 11.4. The van der Waals surface area contributed by atoms with Gasteiger partial charge in [-0.05, 0) is 65.9 Å². The zero-order valence-electron chi connectivity index (χ0n) is 22.1. The number of hydrogen-bond acceptors (Lipinski definition) is 6. The minimum absolute atomic E-state index is 0.00164. The molecule has 0 aliphatic rings. The summed E-state index contributed by atoms with van der Waals surface area (Å²) in [6, 6.07) is 13.6. The van der Waals surface area contributed by atoms with Crippen molar-refractivity contribution in [2.45, 2.75) is 26.3 Å². The van der Waals surface area contributed by atoms with E-state index in [1.165, 1.54) is 30.3 Å². The minimum atomic E-state index is -1.35. The number of hydrogen-bond donors (Lipinski definition) is 6. The van der Waals surface area contributed by atoms with Crippen molar-refractivity contribution in [2.75, 3.05) is 17.7 Å². The van der Waals surface area contributed by atoms with Gasteiger partial charge in [0.15, 0.2) is 0 Å². The maximum Gasteiger partial charge on any atom is 0.336 e. The Morgan fingerprint density at radius 3 is 2.08 bits per heavy atom. The van der Waals surface area contributed by atoms with Crippen LogP contribution in [-0.2, 0) is 4.79 Å². The highest BCUT2D eigenvalue weighted by Crippen LogP contribution is 2.31. The summed E-state index contributed by atoms with van der Waals surface area (Å²) in [5.41, 5.74) is 6.68. The van der Waals surface area contributed by atoms with Gasteiger partial charge in [0.25, 0.3) is 11.8 Å². The fourth-order valence-electron chi connectivity index (χ4n) is 4.10. The van der Waals surface area contributed by atoms with Crippen LogP contribution in [0.5, 0.6) is 0 Å². The van der Waals surface area contributed by atoms with Crippen LogP contribution in [-0.4, -0.2) is 53.0 Å². The van der Waals surface area contributed by atoms with Crippen LogP contribution in [0.25, 0.3) is 11.1 Å². The smallest absolute Gasteiger partial charge is 0.336 e. The van der Waals surface area contributed by atoms with Crippen LogP contribution in [0.2, 0.25) is 0 Å². The summed E-state index contributed by atoms with van der Waals surface area (Å²) in [7, 11) is 1.66. The Balaban J connectivity index is 2.03. The van der Waals surface area contributed by atoms with Gasteiger partial charge in [0.05, 0.1) is 5.56 Å². The molecule has 3 aromatic rings. The van der Waals surface area contributed by atoms with Crippen LogP contribution in [0.3, 0.4) is 0 Å². The molecule has 11 heteroatoms. The number of benzene rings is 3. The molecular formula is C29H30N4O7. The number of aromatic carboxylic acids is 1. The van der Waals surface area contributed by atoms with Crippen molar-refractivity contribution < 1.29 is 34.2 Å². The van der Waals surface area contributed by atoms with Crippen LogP contribution >= 0.6 is 0 Å². The van der Waals surface area contributed by atoms with Crippen LogP contribution < -0.4 is 21.7 Å². The topological polar surface area (TPSA) is 188 Å². The van der Waals surface area contributed by atoms with Crippen LogP contribution in [0.15, 0.2) is 60.7 Å². The number of rotatable bonds is 11. The molecule has 11 nitrogen and oxygen atoms in total. The molecule has 1 atom stereocenters. The molecule has 0 aliphatic carbocycles. The second-order valence-electron chi connectivity index (χ2n) is 9.47. The lowest BCUT2D eigenvalue weighted by atomic mass is 9.92. The fraction of sp³-hybridized carbons (Fsp3) is 0.207. The van der Waals surface area contributed by atoms with Gasteiger partial charge in [0.1, 0.15) is 6.04 Å². The third-order valence-corrected chi connectivity index (χ3v) is 6.07. The largest absolute Gasteiger partial charge is 0.480 e. The van der Waals surface area contributed by atoms with Gasteiger partial charge >= 0.3 is 11.9 Å². The van der Waals surface area contributed by atoms with Crippen LogP contribution in [0, 0.1) is 5.92 Å². The molecule has 208 valence electrons. The Kier molecular flexibility index (Phi) is 9.23. The lowest BCUT2D eigenvalue weighted by Gasteiger charge is -2.18. The summed E-state index contributed by atoms with van der Waals surface area (Å²) in [6.45, 7) is 3.64. The molecule has 7 N–H and O–H groups in total. The van der Waals surface area contributed by atoms with E-state index in [1.54, 1.807) is 31.3 Å². The van der Waals surface area contributed by atoms with Gasteiger partial charge in [-0.1, -0.05) is 32.0 Å². The molecule has 3 aromatic carbocycles. The number of carbonyl (C=O) groups excluding carboxylic acids is 3. The number of carboxylic acid groups (broad SMARTS) is 2. The predicted octanol–water partition coefficient (Wildman–Crippen LogP) is 3.67. The summed E-state index contributed by atoms with van der Waals surface area (Å²) in [4.78, 5) is 61.6. The highest BCUT2D eigenvalue weighted by molar-refractivity contribution is 6.12. The van der Waals surface area contributed by atoms with E-state index in [0.29, 0.717) is 11.4 Å². The Morgan fingerprint density at radius 1 is 0.800 bits per heavy atom. The van der Waals surface area contributed by atoms with Crippen molar-refractivity contribution >= 4 is 41.0 Å². The summed E-state index contributed by atoms with van der Waals surface area (Å²) in [5, 5.41) is 27.5. The molecule has 0 fully saturated rings. The molecule has 0 unspecified atom stereocenters. The second kappa shape index (κ2) is 12.6. The number of amides is 3. The van der Waals surface area contributed by atoms with Crippen molar-refractivity contribution in [3.63, 3.8) is 0 Å². The maximum atomic E-state index is 13.4.